The van der Waals surface area contributed by atoms with Gasteiger partial charge in [0.05, 0.1) is 48.1 Å². The molecule has 2 aliphatic heterocycles. The Morgan fingerprint density at radius 2 is 2.07 bits per heavy atom. The molecule has 0 spiro atoms. The summed E-state index contributed by atoms with van der Waals surface area (Å²) in [5.74, 6) is -2.05. The average molecular weight is 664 g/mol. The summed E-state index contributed by atoms with van der Waals surface area (Å²) in [6, 6.07) is 1.28. The molecule has 6 rings (SSSR count). The zero-order chi connectivity index (χ0) is 32.3. The van der Waals surface area contributed by atoms with Crippen LogP contribution in [-0.4, -0.2) is 74.8 Å². The number of alkyl halides is 3. The van der Waals surface area contributed by atoms with Crippen molar-refractivity contribution in [3.8, 4) is 11.8 Å². The Bertz CT molecular complexity index is 1770. The molecule has 2 atom stereocenters. The van der Waals surface area contributed by atoms with Gasteiger partial charge >= 0.3 is 12.1 Å². The van der Waals surface area contributed by atoms with E-state index in [1.54, 1.807) is 6.20 Å². The maximum Gasteiger partial charge on any atom is 0.412 e. The lowest BCUT2D eigenvalue weighted by molar-refractivity contribution is -0.785. The minimum atomic E-state index is -4.53. The normalized spacial score (nSPS) is 22.1. The van der Waals surface area contributed by atoms with Crippen LogP contribution in [0.4, 0.5) is 18.9 Å². The molecule has 0 radical (unpaired) electrons. The Labute approximate surface area is 266 Å². The number of amides is 1. The van der Waals surface area contributed by atoms with E-state index < -0.39 is 23.6 Å². The first-order valence-electron chi connectivity index (χ1n) is 14.0. The first-order valence-corrected chi connectivity index (χ1v) is 14.8. The van der Waals surface area contributed by atoms with Crippen molar-refractivity contribution < 1.29 is 36.7 Å². The number of carbonyl (C=O) groups excluding carboxylic acids is 2. The van der Waals surface area contributed by atoms with E-state index in [1.807, 2.05) is 0 Å². The number of imidazole rings is 1. The van der Waals surface area contributed by atoms with E-state index in [4.69, 9.17) is 32.7 Å². The summed E-state index contributed by atoms with van der Waals surface area (Å²) in [5, 5.41) is 2.89. The quantitative estimate of drug-likeness (QED) is 0.181. The Kier molecular flexibility index (Phi) is 7.69. The van der Waals surface area contributed by atoms with Gasteiger partial charge in [-0.2, -0.15) is 18.2 Å². The Morgan fingerprint density at radius 3 is 2.73 bits per heavy atom. The molecule has 3 aromatic rings. The van der Waals surface area contributed by atoms with Crippen molar-refractivity contribution in [1.29, 1.82) is 0 Å². The molecule has 4 heterocycles. The Balaban J connectivity index is 1.36. The number of allylic oxidation sites excluding steroid dienone is 3. The number of hydrogen-bond donors (Lipinski definition) is 1. The average Bonchev–Trinajstić information content (AvgIpc) is 3.30. The van der Waals surface area contributed by atoms with Crippen molar-refractivity contribution in [2.75, 3.05) is 32.6 Å². The number of hydrogen-bond acceptors (Lipinski definition) is 7. The molecule has 45 heavy (non-hydrogen) atoms. The van der Waals surface area contributed by atoms with Crippen molar-refractivity contribution in [1.82, 2.24) is 19.5 Å². The van der Waals surface area contributed by atoms with Gasteiger partial charge in [0, 0.05) is 30.3 Å². The van der Waals surface area contributed by atoms with Crippen LogP contribution in [0.15, 0.2) is 54.5 Å². The number of halogens is 5. The van der Waals surface area contributed by atoms with Gasteiger partial charge in [-0.25, -0.2) is 14.8 Å². The van der Waals surface area contributed by atoms with Crippen LogP contribution in [0.1, 0.15) is 58.4 Å². The van der Waals surface area contributed by atoms with Gasteiger partial charge < -0.3 is 19.3 Å². The monoisotopic (exact) mass is 663 g/mol. The number of carbonyl (C=O) groups is 2. The van der Waals surface area contributed by atoms with Crippen molar-refractivity contribution >= 4 is 40.8 Å². The van der Waals surface area contributed by atoms with Crippen molar-refractivity contribution in [2.24, 2.45) is 0 Å². The smallest absolute Gasteiger partial charge is 0.412 e. The Hall–Kier alpha value is -3.94. The van der Waals surface area contributed by atoms with E-state index in [2.05, 4.69) is 41.3 Å². The molecule has 1 amide bonds. The summed E-state index contributed by atoms with van der Waals surface area (Å²) in [6.45, 7) is 3.15. The molecule has 1 saturated heterocycles. The molecular formula is C30H28Cl2F3N6O4+. The molecule has 0 bridgehead atoms. The highest BCUT2D eigenvalue weighted by Gasteiger charge is 2.61. The van der Waals surface area contributed by atoms with Crippen molar-refractivity contribution in [3.05, 3.63) is 81.2 Å². The lowest BCUT2D eigenvalue weighted by Gasteiger charge is -2.29. The molecule has 236 valence electrons. The van der Waals surface area contributed by atoms with Crippen LogP contribution in [0.2, 0.25) is 10.0 Å². The van der Waals surface area contributed by atoms with E-state index in [1.165, 1.54) is 35.4 Å². The number of nitrogens with zero attached hydrogens (tertiary/aromatic N) is 5. The highest BCUT2D eigenvalue weighted by molar-refractivity contribution is 6.43. The van der Waals surface area contributed by atoms with Gasteiger partial charge in [0.15, 0.2) is 0 Å². The zero-order valence-corrected chi connectivity index (χ0v) is 25.9. The molecule has 1 aliphatic carbocycles. The largest absolute Gasteiger partial charge is 0.461 e. The highest BCUT2D eigenvalue weighted by Crippen LogP contribution is 2.49. The third-order valence-corrected chi connectivity index (χ3v) is 9.49. The summed E-state index contributed by atoms with van der Waals surface area (Å²) < 4.78 is 53.9. The zero-order valence-electron chi connectivity index (χ0n) is 24.4. The second-order valence-corrected chi connectivity index (χ2v) is 12.9. The number of quaternary nitrogens is 1. The van der Waals surface area contributed by atoms with Gasteiger partial charge in [-0.15, -0.1) is 0 Å². The van der Waals surface area contributed by atoms with Gasteiger partial charge in [0.25, 0.3) is 5.91 Å². The Morgan fingerprint density at radius 1 is 1.31 bits per heavy atom. The number of esters is 1. The third-order valence-electron chi connectivity index (χ3n) is 8.69. The standard InChI is InChI=1S/C30H27Cl2F3N6O4/c1-29(14-41(29,2)3)11-16-13-44-27(43)23-19(10-20(31)24(32)22(16)23)25(42)38-21-12-37-28(40-8-7-36-15-40)39-26(21)45-18-6-4-5-17(9-18)30(33,34)35/h6-10,12,15-16H,4-5,11,13-14H2,1-3H3/p+1. The third kappa shape index (κ3) is 5.91. The van der Waals surface area contributed by atoms with Gasteiger partial charge in [-0.1, -0.05) is 23.2 Å². The number of rotatable bonds is 7. The lowest BCUT2D eigenvalue weighted by Crippen LogP contribution is -2.33. The van der Waals surface area contributed by atoms with Crippen LogP contribution >= 0.6 is 23.2 Å². The number of fused-ring (bicyclic) bond motifs is 1. The van der Waals surface area contributed by atoms with E-state index in [-0.39, 0.29) is 75.4 Å². The number of anilines is 1. The summed E-state index contributed by atoms with van der Waals surface area (Å²) in [7, 11) is 4.22. The summed E-state index contributed by atoms with van der Waals surface area (Å²) in [4.78, 5) is 39.5. The number of likely N-dealkylation sites (N-methyl/N-ethyl adjacent to an activating group) is 1. The van der Waals surface area contributed by atoms with Crippen LogP contribution in [0, 0.1) is 0 Å². The molecule has 3 aliphatic rings. The second-order valence-electron chi connectivity index (χ2n) is 12.1. The molecule has 0 saturated carbocycles. The maximum atomic E-state index is 13.8. The maximum absolute atomic E-state index is 13.8. The fourth-order valence-corrected chi connectivity index (χ4v) is 6.39. The predicted octanol–water partition coefficient (Wildman–Crippen LogP) is 6.26. The van der Waals surface area contributed by atoms with E-state index in [0.29, 0.717) is 12.0 Å². The first-order chi connectivity index (χ1) is 21.2. The number of cyclic esters (lactones) is 1. The molecule has 2 aromatic heterocycles. The summed E-state index contributed by atoms with van der Waals surface area (Å²) in [6.07, 6.45) is 4.11. The summed E-state index contributed by atoms with van der Waals surface area (Å²) in [5.41, 5.74) is -0.550. The molecule has 10 nitrogen and oxygen atoms in total. The van der Waals surface area contributed by atoms with Crippen LogP contribution in [-0.2, 0) is 4.74 Å². The number of aromatic nitrogens is 4. The number of nitrogens with one attached hydrogen (secondary N) is 1. The van der Waals surface area contributed by atoms with Gasteiger partial charge in [0.1, 0.15) is 29.9 Å². The van der Waals surface area contributed by atoms with Crippen molar-refractivity contribution in [2.45, 2.75) is 43.8 Å². The number of benzene rings is 1. The first kappa shape index (κ1) is 31.1. The van der Waals surface area contributed by atoms with Crippen LogP contribution in [0.3, 0.4) is 0 Å². The SMILES string of the molecule is CC1(CC2COC(=O)c3c(C(=O)Nc4cnc(-n5ccnc5)nc4OC4=CCCC(C(F)(F)F)=C4)cc(Cl)c(Cl)c32)C[N+]1(C)C. The van der Waals surface area contributed by atoms with E-state index in [9.17, 15) is 22.8 Å². The number of ether oxygens (including phenoxy) is 2. The van der Waals surface area contributed by atoms with Crippen molar-refractivity contribution in [3.63, 3.8) is 0 Å². The molecule has 1 N–H and O–H groups in total. The fourth-order valence-electron chi connectivity index (χ4n) is 5.87. The van der Waals surface area contributed by atoms with Gasteiger partial charge in [0.2, 0.25) is 11.8 Å². The van der Waals surface area contributed by atoms with Crippen LogP contribution < -0.4 is 10.1 Å². The second kappa shape index (κ2) is 11.1. The molecule has 1 aromatic carbocycles. The molecule has 15 heteroatoms. The van der Waals surface area contributed by atoms with E-state index in [0.717, 1.165) is 17.1 Å². The molecule has 1 fully saturated rings. The predicted molar refractivity (Wildman–Crippen MR) is 159 cm³/mol. The molecular weight excluding hydrogens is 636 g/mol. The summed E-state index contributed by atoms with van der Waals surface area (Å²) >= 11 is 13.2. The fraction of sp³-hybridized carbons (Fsp3) is 0.367. The topological polar surface area (TPSA) is 108 Å². The minimum absolute atomic E-state index is 0.00105. The lowest BCUT2D eigenvalue weighted by atomic mass is 9.83. The van der Waals surface area contributed by atoms with Gasteiger partial charge in [-0.05, 0) is 43.5 Å². The van der Waals surface area contributed by atoms with Crippen LogP contribution in [0.5, 0.6) is 5.88 Å². The van der Waals surface area contributed by atoms with Crippen LogP contribution in [0.25, 0.3) is 5.95 Å². The van der Waals surface area contributed by atoms with Gasteiger partial charge in [-0.3, -0.25) is 9.36 Å². The highest BCUT2D eigenvalue weighted by atomic mass is 35.5. The minimum Gasteiger partial charge on any atom is -0.461 e. The molecule has 2 unspecified atom stereocenters. The van der Waals surface area contributed by atoms with E-state index >= 15 is 0 Å².